The largest absolute Gasteiger partial charge is 0.334 e. The number of aryl methyl sites for hydroxylation is 1. The van der Waals surface area contributed by atoms with Crippen LogP contribution in [0.3, 0.4) is 0 Å². The molecule has 2 rings (SSSR count). The molecule has 0 amide bonds. The van der Waals surface area contributed by atoms with Crippen molar-refractivity contribution < 1.29 is 4.92 Å². The fourth-order valence-electron chi connectivity index (χ4n) is 1.79. The van der Waals surface area contributed by atoms with Crippen molar-refractivity contribution in [2.45, 2.75) is 13.8 Å². The monoisotopic (exact) mass is 273 g/mol. The van der Waals surface area contributed by atoms with Crippen molar-refractivity contribution in [3.8, 4) is 0 Å². The average Bonchev–Trinajstić information content (AvgIpc) is 2.43. The Morgan fingerprint density at radius 1 is 1.25 bits per heavy atom. The van der Waals surface area contributed by atoms with E-state index in [1.54, 1.807) is 0 Å². The van der Waals surface area contributed by atoms with Crippen molar-refractivity contribution in [1.82, 2.24) is 4.98 Å². The van der Waals surface area contributed by atoms with Crippen LogP contribution in [-0.4, -0.2) is 9.91 Å². The van der Waals surface area contributed by atoms with Crippen LogP contribution in [0.1, 0.15) is 11.1 Å². The topological polar surface area (TPSA) is 106 Å². The van der Waals surface area contributed by atoms with Gasteiger partial charge in [-0.05, 0) is 37.1 Å². The van der Waals surface area contributed by atoms with Crippen LogP contribution in [0.2, 0.25) is 0 Å². The number of hydrogen-bond donors (Lipinski definition) is 3. The molecule has 0 aliphatic carbocycles. The molecule has 0 fully saturated rings. The third-order valence-corrected chi connectivity index (χ3v) is 3.08. The number of pyridine rings is 1. The van der Waals surface area contributed by atoms with Crippen LogP contribution in [-0.2, 0) is 0 Å². The van der Waals surface area contributed by atoms with E-state index in [2.05, 4.69) is 15.7 Å². The van der Waals surface area contributed by atoms with E-state index in [0.29, 0.717) is 5.82 Å². The van der Waals surface area contributed by atoms with Crippen LogP contribution < -0.4 is 16.6 Å². The van der Waals surface area contributed by atoms with Gasteiger partial charge in [0.25, 0.3) is 0 Å². The number of nitrogen functional groups attached to an aromatic ring is 1. The van der Waals surface area contributed by atoms with Gasteiger partial charge < -0.3 is 10.7 Å². The van der Waals surface area contributed by atoms with Gasteiger partial charge in [-0.2, -0.15) is 0 Å². The van der Waals surface area contributed by atoms with Crippen LogP contribution in [0, 0.1) is 24.0 Å². The first-order valence-electron chi connectivity index (χ1n) is 5.98. The molecule has 2 aromatic rings. The molecule has 0 bridgehead atoms. The first kappa shape index (κ1) is 13.8. The summed E-state index contributed by atoms with van der Waals surface area (Å²) in [6.07, 6.45) is 0. The van der Waals surface area contributed by atoms with Gasteiger partial charge in [-0.1, -0.05) is 12.1 Å². The maximum atomic E-state index is 11.0. The number of nitrogens with one attached hydrogen (secondary N) is 2. The standard InChI is InChI=1S/C13H15N5O2/c1-8-4-3-5-10(9(8)2)15-13-11(18(19)20)6-7-12(16-13)17-14/h3-7H,14H2,1-2H3,(H2,15,16,17). The highest BCUT2D eigenvalue weighted by molar-refractivity contribution is 5.70. The highest BCUT2D eigenvalue weighted by Crippen LogP contribution is 2.29. The second kappa shape index (κ2) is 5.54. The Morgan fingerprint density at radius 2 is 2.00 bits per heavy atom. The average molecular weight is 273 g/mol. The molecule has 0 spiro atoms. The summed E-state index contributed by atoms with van der Waals surface area (Å²) in [7, 11) is 0. The molecule has 1 aromatic heterocycles. The number of hydrogen-bond acceptors (Lipinski definition) is 6. The van der Waals surface area contributed by atoms with Gasteiger partial charge in [0.15, 0.2) is 0 Å². The molecule has 4 N–H and O–H groups in total. The number of nitrogens with two attached hydrogens (primary N) is 1. The van der Waals surface area contributed by atoms with Crippen molar-refractivity contribution in [1.29, 1.82) is 0 Å². The second-order valence-corrected chi connectivity index (χ2v) is 4.34. The minimum atomic E-state index is -0.485. The fraction of sp³-hybridized carbons (Fsp3) is 0.154. The van der Waals surface area contributed by atoms with E-state index in [9.17, 15) is 10.1 Å². The zero-order valence-electron chi connectivity index (χ0n) is 11.2. The van der Waals surface area contributed by atoms with E-state index >= 15 is 0 Å². The van der Waals surface area contributed by atoms with E-state index in [0.717, 1.165) is 16.8 Å². The molecule has 20 heavy (non-hydrogen) atoms. The number of nitro groups is 1. The summed E-state index contributed by atoms with van der Waals surface area (Å²) in [6, 6.07) is 8.50. The highest BCUT2D eigenvalue weighted by Gasteiger charge is 2.17. The third-order valence-electron chi connectivity index (χ3n) is 3.08. The molecule has 0 saturated carbocycles. The molecule has 1 aromatic carbocycles. The highest BCUT2D eigenvalue weighted by atomic mass is 16.6. The lowest BCUT2D eigenvalue weighted by molar-refractivity contribution is -0.384. The van der Waals surface area contributed by atoms with Crippen molar-refractivity contribution >= 4 is 23.0 Å². The summed E-state index contributed by atoms with van der Waals surface area (Å²) in [6.45, 7) is 3.91. The Hall–Kier alpha value is -2.67. The number of rotatable bonds is 4. The molecule has 0 aliphatic rings. The second-order valence-electron chi connectivity index (χ2n) is 4.34. The van der Waals surface area contributed by atoms with Gasteiger partial charge in [-0.3, -0.25) is 10.1 Å². The first-order chi connectivity index (χ1) is 9.52. The van der Waals surface area contributed by atoms with Crippen molar-refractivity contribution in [2.75, 3.05) is 10.7 Å². The summed E-state index contributed by atoms with van der Waals surface area (Å²) in [5.74, 6) is 5.78. The Balaban J connectivity index is 2.46. The molecule has 0 unspecified atom stereocenters. The number of hydrazine groups is 1. The first-order valence-corrected chi connectivity index (χ1v) is 5.98. The molecule has 0 radical (unpaired) electrons. The van der Waals surface area contributed by atoms with Gasteiger partial charge >= 0.3 is 5.69 Å². The summed E-state index contributed by atoms with van der Waals surface area (Å²) in [5.41, 5.74) is 5.14. The predicted octanol–water partition coefficient (Wildman–Crippen LogP) is 2.64. The number of anilines is 3. The molecule has 7 nitrogen and oxygen atoms in total. The molecule has 1 heterocycles. The Labute approximate surface area is 116 Å². The zero-order chi connectivity index (χ0) is 14.7. The van der Waals surface area contributed by atoms with Gasteiger partial charge in [0.2, 0.25) is 5.82 Å². The van der Waals surface area contributed by atoms with Gasteiger partial charge in [-0.15, -0.1) is 0 Å². The Bertz CT molecular complexity index is 657. The number of nitrogens with zero attached hydrogens (tertiary/aromatic N) is 2. The van der Waals surface area contributed by atoms with Crippen LogP contribution in [0.25, 0.3) is 0 Å². The van der Waals surface area contributed by atoms with Crippen molar-refractivity contribution in [2.24, 2.45) is 5.84 Å². The van der Waals surface area contributed by atoms with E-state index in [1.807, 2.05) is 32.0 Å². The van der Waals surface area contributed by atoms with Crippen LogP contribution >= 0.6 is 0 Å². The summed E-state index contributed by atoms with van der Waals surface area (Å²) >= 11 is 0. The molecule has 0 aliphatic heterocycles. The molecule has 0 saturated heterocycles. The van der Waals surface area contributed by atoms with Gasteiger partial charge in [0.05, 0.1) is 4.92 Å². The summed E-state index contributed by atoms with van der Waals surface area (Å²) < 4.78 is 0. The summed E-state index contributed by atoms with van der Waals surface area (Å²) in [5, 5.41) is 14.0. The lowest BCUT2D eigenvalue weighted by Gasteiger charge is -2.11. The van der Waals surface area contributed by atoms with Crippen LogP contribution in [0.15, 0.2) is 30.3 Å². The van der Waals surface area contributed by atoms with Crippen LogP contribution in [0.5, 0.6) is 0 Å². The molecular formula is C13H15N5O2. The quantitative estimate of drug-likeness (QED) is 0.449. The third kappa shape index (κ3) is 2.67. The number of aromatic nitrogens is 1. The predicted molar refractivity (Wildman–Crippen MR) is 77.9 cm³/mol. The van der Waals surface area contributed by atoms with E-state index < -0.39 is 4.92 Å². The Kier molecular flexibility index (Phi) is 3.81. The molecule has 104 valence electrons. The summed E-state index contributed by atoms with van der Waals surface area (Å²) in [4.78, 5) is 14.6. The molecule has 0 atom stereocenters. The van der Waals surface area contributed by atoms with E-state index in [4.69, 9.17) is 5.84 Å². The fourth-order valence-corrected chi connectivity index (χ4v) is 1.79. The maximum Gasteiger partial charge on any atom is 0.311 e. The Morgan fingerprint density at radius 3 is 2.65 bits per heavy atom. The molecule has 7 heteroatoms. The SMILES string of the molecule is Cc1cccc(Nc2nc(NN)ccc2[N+](=O)[O-])c1C. The minimum Gasteiger partial charge on any atom is -0.334 e. The van der Waals surface area contributed by atoms with Gasteiger partial charge in [-0.25, -0.2) is 10.8 Å². The lowest BCUT2D eigenvalue weighted by Crippen LogP contribution is -2.10. The van der Waals surface area contributed by atoms with Crippen molar-refractivity contribution in [3.63, 3.8) is 0 Å². The lowest BCUT2D eigenvalue weighted by atomic mass is 10.1. The molecular weight excluding hydrogens is 258 g/mol. The number of benzene rings is 1. The van der Waals surface area contributed by atoms with Gasteiger partial charge in [0.1, 0.15) is 5.82 Å². The van der Waals surface area contributed by atoms with Crippen LogP contribution in [0.4, 0.5) is 23.0 Å². The smallest absolute Gasteiger partial charge is 0.311 e. The minimum absolute atomic E-state index is 0.107. The zero-order valence-corrected chi connectivity index (χ0v) is 11.2. The van der Waals surface area contributed by atoms with Gasteiger partial charge in [0, 0.05) is 11.8 Å². The normalized spacial score (nSPS) is 10.2. The van der Waals surface area contributed by atoms with Crippen molar-refractivity contribution in [3.05, 3.63) is 51.6 Å². The maximum absolute atomic E-state index is 11.0. The van der Waals surface area contributed by atoms with E-state index in [-0.39, 0.29) is 11.5 Å². The van der Waals surface area contributed by atoms with E-state index in [1.165, 1.54) is 12.1 Å².